The Hall–Kier alpha value is -2.43. The molecular formula is C18H19IN6O2. The van der Waals surface area contributed by atoms with Crippen molar-refractivity contribution >= 4 is 40.0 Å². The summed E-state index contributed by atoms with van der Waals surface area (Å²) < 4.78 is 7.99. The molecule has 1 amide bonds. The van der Waals surface area contributed by atoms with E-state index < -0.39 is 0 Å². The van der Waals surface area contributed by atoms with Crippen LogP contribution in [0.25, 0.3) is 5.52 Å². The van der Waals surface area contributed by atoms with Crippen molar-refractivity contribution in [3.8, 4) is 0 Å². The molecule has 0 saturated carbocycles. The van der Waals surface area contributed by atoms with E-state index in [2.05, 4.69) is 37.7 Å². The number of nitrogens with zero attached hydrogens (tertiary/aromatic N) is 5. The molecule has 1 saturated heterocycles. The van der Waals surface area contributed by atoms with Gasteiger partial charge in [-0.1, -0.05) is 30.3 Å². The fourth-order valence-electron chi connectivity index (χ4n) is 3.36. The van der Waals surface area contributed by atoms with Gasteiger partial charge >= 0.3 is 6.09 Å². The van der Waals surface area contributed by atoms with Gasteiger partial charge in [-0.3, -0.25) is 0 Å². The maximum absolute atomic E-state index is 12.5. The lowest BCUT2D eigenvalue weighted by molar-refractivity contribution is 0.0852. The predicted molar refractivity (Wildman–Crippen MR) is 108 cm³/mol. The number of aromatic nitrogens is 4. The normalized spacial score (nSPS) is 17.2. The molecule has 8 nitrogen and oxygen atoms in total. The van der Waals surface area contributed by atoms with Gasteiger partial charge in [-0.25, -0.2) is 19.3 Å². The van der Waals surface area contributed by atoms with E-state index in [0.29, 0.717) is 18.9 Å². The smallest absolute Gasteiger partial charge is 0.410 e. The molecule has 1 aliphatic heterocycles. The second-order valence-electron chi connectivity index (χ2n) is 6.49. The molecule has 0 radical (unpaired) electrons. The topological polar surface area (TPSA) is 98.6 Å². The number of carbonyl (C=O) groups is 1. The van der Waals surface area contributed by atoms with Crippen LogP contribution in [-0.4, -0.2) is 43.7 Å². The Balaban J connectivity index is 1.48. The molecule has 1 aromatic carbocycles. The number of ether oxygens (including phenoxy) is 1. The standard InChI is InChI=1S/C18H19IN6O2/c19-15-14-16(20)21-11-22-25(14)17(23-15)13-7-4-8-24(9-13)18(26)27-10-12-5-2-1-3-6-12/h1-3,5-6,11,13H,4,7-10H2,(H2,20,21,22)/t13-/m1/s1. The van der Waals surface area contributed by atoms with E-state index in [0.717, 1.165) is 33.4 Å². The third-order valence-corrected chi connectivity index (χ3v) is 5.45. The van der Waals surface area contributed by atoms with Crippen molar-refractivity contribution < 1.29 is 9.53 Å². The molecule has 1 aliphatic rings. The number of hydrogen-bond donors (Lipinski definition) is 1. The van der Waals surface area contributed by atoms with Crippen LogP contribution < -0.4 is 5.73 Å². The van der Waals surface area contributed by atoms with Crippen molar-refractivity contribution in [2.75, 3.05) is 18.8 Å². The third kappa shape index (κ3) is 3.68. The van der Waals surface area contributed by atoms with Crippen molar-refractivity contribution in [1.82, 2.24) is 24.5 Å². The quantitative estimate of drug-likeness (QED) is 0.582. The van der Waals surface area contributed by atoms with E-state index in [1.807, 2.05) is 30.3 Å². The van der Waals surface area contributed by atoms with E-state index in [1.54, 1.807) is 9.42 Å². The van der Waals surface area contributed by atoms with Gasteiger partial charge in [0, 0.05) is 19.0 Å². The van der Waals surface area contributed by atoms with Gasteiger partial charge in [0.15, 0.2) is 5.82 Å². The number of halogens is 1. The van der Waals surface area contributed by atoms with Crippen LogP contribution >= 0.6 is 22.6 Å². The van der Waals surface area contributed by atoms with E-state index in [1.165, 1.54) is 6.33 Å². The number of anilines is 1. The highest BCUT2D eigenvalue weighted by molar-refractivity contribution is 14.1. The Morgan fingerprint density at radius 2 is 2.15 bits per heavy atom. The largest absolute Gasteiger partial charge is 0.445 e. The summed E-state index contributed by atoms with van der Waals surface area (Å²) in [6, 6.07) is 9.68. The van der Waals surface area contributed by atoms with Crippen molar-refractivity contribution in [1.29, 1.82) is 0 Å². The zero-order chi connectivity index (χ0) is 18.8. The van der Waals surface area contributed by atoms with Crippen LogP contribution in [0.1, 0.15) is 30.1 Å². The number of nitrogen functional groups attached to an aromatic ring is 1. The lowest BCUT2D eigenvalue weighted by atomic mass is 9.98. The Kier molecular flexibility index (Phi) is 5.10. The van der Waals surface area contributed by atoms with Crippen LogP contribution in [0.4, 0.5) is 10.6 Å². The molecule has 2 N–H and O–H groups in total. The first-order valence-electron chi connectivity index (χ1n) is 8.73. The number of piperidine rings is 1. The Morgan fingerprint density at radius 1 is 1.33 bits per heavy atom. The van der Waals surface area contributed by atoms with E-state index in [-0.39, 0.29) is 18.6 Å². The van der Waals surface area contributed by atoms with Gasteiger partial charge in [-0.15, -0.1) is 0 Å². The number of imidazole rings is 1. The van der Waals surface area contributed by atoms with Gasteiger partial charge in [-0.05, 0) is 41.0 Å². The molecule has 0 bridgehead atoms. The van der Waals surface area contributed by atoms with Gasteiger partial charge in [0.25, 0.3) is 0 Å². The van der Waals surface area contributed by atoms with Gasteiger partial charge in [-0.2, -0.15) is 5.10 Å². The fourth-order valence-corrected chi connectivity index (χ4v) is 4.12. The SMILES string of the molecule is Nc1ncnn2c([C@@H]3CCCN(C(=O)OCc4ccccc4)C3)nc(I)c12. The highest BCUT2D eigenvalue weighted by Crippen LogP contribution is 2.29. The number of likely N-dealkylation sites (tertiary alicyclic amines) is 1. The van der Waals surface area contributed by atoms with Crippen LogP contribution in [0.15, 0.2) is 36.7 Å². The first-order chi connectivity index (χ1) is 13.1. The summed E-state index contributed by atoms with van der Waals surface area (Å²) in [6.07, 6.45) is 2.95. The zero-order valence-electron chi connectivity index (χ0n) is 14.6. The van der Waals surface area contributed by atoms with Crippen molar-refractivity contribution in [2.45, 2.75) is 25.4 Å². The Morgan fingerprint density at radius 3 is 2.96 bits per heavy atom. The Labute approximate surface area is 169 Å². The summed E-state index contributed by atoms with van der Waals surface area (Å²) in [5.74, 6) is 1.29. The minimum atomic E-state index is -0.298. The van der Waals surface area contributed by atoms with E-state index in [9.17, 15) is 4.79 Å². The molecule has 0 spiro atoms. The van der Waals surface area contributed by atoms with Crippen LogP contribution in [0.3, 0.4) is 0 Å². The van der Waals surface area contributed by atoms with Crippen LogP contribution in [-0.2, 0) is 11.3 Å². The molecule has 3 heterocycles. The molecule has 1 fully saturated rings. The first kappa shape index (κ1) is 18.0. The molecule has 1 atom stereocenters. The molecule has 140 valence electrons. The monoisotopic (exact) mass is 478 g/mol. The Bertz CT molecular complexity index is 961. The van der Waals surface area contributed by atoms with Crippen molar-refractivity contribution in [3.05, 3.63) is 51.7 Å². The molecule has 0 unspecified atom stereocenters. The summed E-state index contributed by atoms with van der Waals surface area (Å²) in [7, 11) is 0. The number of carbonyl (C=O) groups excluding carboxylic acids is 1. The van der Waals surface area contributed by atoms with Crippen LogP contribution in [0.5, 0.6) is 0 Å². The minimum absolute atomic E-state index is 0.0772. The number of rotatable bonds is 3. The molecule has 4 rings (SSSR count). The molecule has 3 aromatic rings. The first-order valence-corrected chi connectivity index (χ1v) is 9.81. The molecular weight excluding hydrogens is 459 g/mol. The highest BCUT2D eigenvalue weighted by Gasteiger charge is 2.29. The number of benzene rings is 1. The maximum Gasteiger partial charge on any atom is 0.410 e. The summed E-state index contributed by atoms with van der Waals surface area (Å²) >= 11 is 2.14. The van der Waals surface area contributed by atoms with Crippen LogP contribution in [0.2, 0.25) is 0 Å². The summed E-state index contributed by atoms with van der Waals surface area (Å²) in [5.41, 5.74) is 7.66. The van der Waals surface area contributed by atoms with Crippen LogP contribution in [0, 0.1) is 3.70 Å². The van der Waals surface area contributed by atoms with Gasteiger partial charge in [0.05, 0.1) is 0 Å². The van der Waals surface area contributed by atoms with Gasteiger partial charge in [0.1, 0.15) is 28.0 Å². The molecule has 9 heteroatoms. The van der Waals surface area contributed by atoms with E-state index in [4.69, 9.17) is 10.5 Å². The highest BCUT2D eigenvalue weighted by atomic mass is 127. The third-order valence-electron chi connectivity index (χ3n) is 4.69. The maximum atomic E-state index is 12.5. The molecule has 27 heavy (non-hydrogen) atoms. The summed E-state index contributed by atoms with van der Waals surface area (Å²) in [6.45, 7) is 1.50. The van der Waals surface area contributed by atoms with Crippen molar-refractivity contribution in [3.63, 3.8) is 0 Å². The summed E-state index contributed by atoms with van der Waals surface area (Å²) in [5, 5.41) is 4.31. The lowest BCUT2D eigenvalue weighted by Gasteiger charge is -2.31. The number of hydrogen-bond acceptors (Lipinski definition) is 6. The molecule has 0 aliphatic carbocycles. The summed E-state index contributed by atoms with van der Waals surface area (Å²) in [4.78, 5) is 22.9. The van der Waals surface area contributed by atoms with E-state index >= 15 is 0 Å². The zero-order valence-corrected chi connectivity index (χ0v) is 16.7. The predicted octanol–water partition coefficient (Wildman–Crippen LogP) is 2.83. The second-order valence-corrected chi connectivity index (χ2v) is 7.51. The molecule has 2 aromatic heterocycles. The number of amides is 1. The average Bonchev–Trinajstić information content (AvgIpc) is 3.05. The minimum Gasteiger partial charge on any atom is -0.445 e. The second kappa shape index (κ2) is 7.67. The number of fused-ring (bicyclic) bond motifs is 1. The number of nitrogens with two attached hydrogens (primary N) is 1. The lowest BCUT2D eigenvalue weighted by Crippen LogP contribution is -2.39. The van der Waals surface area contributed by atoms with Crippen molar-refractivity contribution in [2.24, 2.45) is 0 Å². The average molecular weight is 478 g/mol. The fraction of sp³-hybridized carbons (Fsp3) is 0.333. The van der Waals surface area contributed by atoms with Gasteiger partial charge in [0.2, 0.25) is 0 Å². The van der Waals surface area contributed by atoms with Gasteiger partial charge < -0.3 is 15.4 Å².